The molecule has 0 spiro atoms. The van der Waals surface area contributed by atoms with E-state index in [1.807, 2.05) is 21.8 Å². The van der Waals surface area contributed by atoms with Gasteiger partial charge in [0.1, 0.15) is 11.5 Å². The molecule has 2 aliphatic rings. The summed E-state index contributed by atoms with van der Waals surface area (Å²) in [7, 11) is 0. The lowest BCUT2D eigenvalue weighted by atomic mass is 9.95. The summed E-state index contributed by atoms with van der Waals surface area (Å²) in [5.41, 5.74) is 1.50. The highest BCUT2D eigenvalue weighted by Crippen LogP contribution is 2.32. The summed E-state index contributed by atoms with van der Waals surface area (Å²) in [5, 5.41) is 7.96. The van der Waals surface area contributed by atoms with Gasteiger partial charge in [-0.3, -0.25) is 9.48 Å². The summed E-state index contributed by atoms with van der Waals surface area (Å²) in [4.78, 5) is 15.0. The lowest BCUT2D eigenvalue weighted by molar-refractivity contribution is 0.0604. The van der Waals surface area contributed by atoms with Crippen LogP contribution in [0, 0.1) is 5.82 Å². The molecule has 2 aliphatic heterocycles. The van der Waals surface area contributed by atoms with Crippen molar-refractivity contribution in [3.8, 4) is 0 Å². The molecule has 2 unspecified atom stereocenters. The number of carbonyl (C=O) groups excluding carboxylic acids is 1. The molecule has 7 heteroatoms. The van der Waals surface area contributed by atoms with Crippen molar-refractivity contribution in [2.75, 3.05) is 19.6 Å². The largest absolute Gasteiger partial charge is 0.330 e. The van der Waals surface area contributed by atoms with E-state index in [1.54, 1.807) is 12.1 Å². The van der Waals surface area contributed by atoms with E-state index in [2.05, 4.69) is 10.4 Å². The number of halogens is 2. The first-order valence-corrected chi connectivity index (χ1v) is 9.55. The highest BCUT2D eigenvalue weighted by molar-refractivity contribution is 5.92. The van der Waals surface area contributed by atoms with E-state index in [4.69, 9.17) is 0 Å². The third kappa shape index (κ3) is 4.33. The van der Waals surface area contributed by atoms with Crippen LogP contribution >= 0.6 is 12.4 Å². The van der Waals surface area contributed by atoms with Crippen LogP contribution in [-0.4, -0.2) is 40.2 Å². The van der Waals surface area contributed by atoms with Gasteiger partial charge in [-0.2, -0.15) is 5.10 Å². The molecule has 2 atom stereocenters. The molecule has 1 aromatic heterocycles. The Bertz CT molecular complexity index is 758. The zero-order valence-corrected chi connectivity index (χ0v) is 16.1. The first kappa shape index (κ1) is 19.8. The van der Waals surface area contributed by atoms with Crippen molar-refractivity contribution in [1.29, 1.82) is 0 Å². The third-order valence-corrected chi connectivity index (χ3v) is 5.49. The van der Waals surface area contributed by atoms with Gasteiger partial charge in [0.15, 0.2) is 0 Å². The van der Waals surface area contributed by atoms with Crippen molar-refractivity contribution in [2.45, 2.75) is 44.2 Å². The number of carbonyl (C=O) groups is 1. The van der Waals surface area contributed by atoms with E-state index >= 15 is 0 Å². The van der Waals surface area contributed by atoms with Gasteiger partial charge in [-0.1, -0.05) is 12.1 Å². The summed E-state index contributed by atoms with van der Waals surface area (Å²) in [5.74, 6) is -0.274. The highest BCUT2D eigenvalue weighted by atomic mass is 35.5. The number of piperidine rings is 2. The number of nitrogens with zero attached hydrogens (tertiary/aromatic N) is 3. The van der Waals surface area contributed by atoms with Crippen LogP contribution in [0.15, 0.2) is 36.5 Å². The fourth-order valence-corrected chi connectivity index (χ4v) is 4.07. The molecule has 1 amide bonds. The van der Waals surface area contributed by atoms with Gasteiger partial charge in [0.2, 0.25) is 0 Å². The van der Waals surface area contributed by atoms with E-state index in [9.17, 15) is 9.18 Å². The fourth-order valence-electron chi connectivity index (χ4n) is 4.07. The number of hydrogen-bond donors (Lipinski definition) is 1. The molecule has 0 saturated carbocycles. The summed E-state index contributed by atoms with van der Waals surface area (Å²) < 4.78 is 15.2. The van der Waals surface area contributed by atoms with Crippen LogP contribution in [0.2, 0.25) is 0 Å². The maximum Gasteiger partial charge on any atom is 0.274 e. The Morgan fingerprint density at radius 2 is 1.93 bits per heavy atom. The second-order valence-electron chi connectivity index (χ2n) is 7.24. The van der Waals surface area contributed by atoms with Crippen molar-refractivity contribution in [2.24, 2.45) is 0 Å². The van der Waals surface area contributed by atoms with Gasteiger partial charge in [-0.15, -0.1) is 12.4 Å². The molecule has 146 valence electrons. The Labute approximate surface area is 165 Å². The molecule has 5 nitrogen and oxygen atoms in total. The molecule has 2 fully saturated rings. The molecule has 0 bridgehead atoms. The Morgan fingerprint density at radius 3 is 2.67 bits per heavy atom. The minimum atomic E-state index is -0.248. The number of nitrogens with one attached hydrogen (secondary N) is 1. The van der Waals surface area contributed by atoms with Crippen molar-refractivity contribution >= 4 is 18.3 Å². The molecule has 4 rings (SSSR count). The summed E-state index contributed by atoms with van der Waals surface area (Å²) in [6, 6.07) is 8.66. The molecule has 1 N–H and O–H groups in total. The zero-order chi connectivity index (χ0) is 17.9. The average Bonchev–Trinajstić information content (AvgIpc) is 3.19. The van der Waals surface area contributed by atoms with Gasteiger partial charge < -0.3 is 10.2 Å². The fraction of sp³-hybridized carbons (Fsp3) is 0.500. The van der Waals surface area contributed by atoms with Crippen LogP contribution in [-0.2, 0) is 0 Å². The predicted molar refractivity (Wildman–Crippen MR) is 105 cm³/mol. The number of benzene rings is 1. The Morgan fingerprint density at radius 1 is 1.11 bits per heavy atom. The molecule has 27 heavy (non-hydrogen) atoms. The first-order chi connectivity index (χ1) is 12.7. The van der Waals surface area contributed by atoms with Crippen LogP contribution in [0.1, 0.15) is 60.2 Å². The van der Waals surface area contributed by atoms with Crippen LogP contribution in [0.25, 0.3) is 0 Å². The first-order valence-electron chi connectivity index (χ1n) is 9.55. The topological polar surface area (TPSA) is 50.2 Å². The second-order valence-corrected chi connectivity index (χ2v) is 7.24. The van der Waals surface area contributed by atoms with Gasteiger partial charge >= 0.3 is 0 Å². The summed E-state index contributed by atoms with van der Waals surface area (Å²) in [6.07, 6.45) is 7.12. The highest BCUT2D eigenvalue weighted by Gasteiger charge is 2.30. The molecule has 1 aromatic carbocycles. The molecular formula is C20H26ClFN4O. The maximum atomic E-state index is 13.3. The van der Waals surface area contributed by atoms with Gasteiger partial charge in [0, 0.05) is 19.3 Å². The quantitative estimate of drug-likeness (QED) is 0.865. The second kappa shape index (κ2) is 8.85. The smallest absolute Gasteiger partial charge is 0.274 e. The number of likely N-dealkylation sites (tertiary alicyclic amines) is 1. The molecule has 0 aliphatic carbocycles. The standard InChI is InChI=1S/C20H25FN4O.ClH/c21-16-8-6-15(7-9-16)19-5-1-2-12-24(19)20(26)18-10-13-25(23-18)17-4-3-11-22-14-17;/h6-10,13,17,19,22H,1-5,11-12,14H2;1H. The Kier molecular flexibility index (Phi) is 6.50. The van der Waals surface area contributed by atoms with E-state index in [0.717, 1.165) is 57.3 Å². The number of aromatic nitrogens is 2. The van der Waals surface area contributed by atoms with Crippen molar-refractivity contribution in [3.05, 3.63) is 53.6 Å². The molecule has 2 saturated heterocycles. The van der Waals surface area contributed by atoms with Gasteiger partial charge in [0.05, 0.1) is 12.1 Å². The van der Waals surface area contributed by atoms with E-state index < -0.39 is 0 Å². The normalized spacial score (nSPS) is 22.9. The Hall–Kier alpha value is -1.92. The summed E-state index contributed by atoms with van der Waals surface area (Å²) in [6.45, 7) is 2.67. The molecule has 0 radical (unpaired) electrons. The maximum absolute atomic E-state index is 13.3. The number of hydrogen-bond acceptors (Lipinski definition) is 3. The van der Waals surface area contributed by atoms with Crippen LogP contribution in [0.3, 0.4) is 0 Å². The van der Waals surface area contributed by atoms with Gasteiger partial charge in [-0.05, 0) is 62.4 Å². The van der Waals surface area contributed by atoms with Crippen LogP contribution < -0.4 is 5.32 Å². The lowest BCUT2D eigenvalue weighted by Gasteiger charge is -2.35. The van der Waals surface area contributed by atoms with Crippen molar-refractivity contribution in [1.82, 2.24) is 20.0 Å². The van der Waals surface area contributed by atoms with E-state index in [0.29, 0.717) is 11.7 Å². The van der Waals surface area contributed by atoms with Crippen LogP contribution in [0.4, 0.5) is 4.39 Å². The van der Waals surface area contributed by atoms with Crippen LogP contribution in [0.5, 0.6) is 0 Å². The SMILES string of the molecule is Cl.O=C(c1ccn(C2CCCNC2)n1)N1CCCCC1c1ccc(F)cc1. The lowest BCUT2D eigenvalue weighted by Crippen LogP contribution is -2.39. The van der Waals surface area contributed by atoms with Crippen molar-refractivity contribution in [3.63, 3.8) is 0 Å². The zero-order valence-electron chi connectivity index (χ0n) is 15.3. The van der Waals surface area contributed by atoms with Crippen molar-refractivity contribution < 1.29 is 9.18 Å². The predicted octanol–water partition coefficient (Wildman–Crippen LogP) is 3.74. The molecule has 3 heterocycles. The number of rotatable bonds is 3. The summed E-state index contributed by atoms with van der Waals surface area (Å²) >= 11 is 0. The monoisotopic (exact) mass is 392 g/mol. The van der Waals surface area contributed by atoms with E-state index in [-0.39, 0.29) is 30.2 Å². The molecule has 2 aromatic rings. The average molecular weight is 393 g/mol. The van der Waals surface area contributed by atoms with Gasteiger partial charge in [-0.25, -0.2) is 4.39 Å². The Balaban J connectivity index is 0.00000210. The van der Waals surface area contributed by atoms with Gasteiger partial charge in [0.25, 0.3) is 5.91 Å². The number of amides is 1. The van der Waals surface area contributed by atoms with E-state index in [1.165, 1.54) is 12.1 Å². The third-order valence-electron chi connectivity index (χ3n) is 5.49. The molecular weight excluding hydrogens is 367 g/mol. The minimum absolute atomic E-state index is 0. The minimum Gasteiger partial charge on any atom is -0.330 e.